The molecule has 5 nitrogen and oxygen atoms in total. The monoisotopic (exact) mass is 461 g/mol. The van der Waals surface area contributed by atoms with E-state index in [0.717, 1.165) is 5.56 Å². The zero-order chi connectivity index (χ0) is 24.5. The van der Waals surface area contributed by atoms with Crippen LogP contribution >= 0.6 is 0 Å². The number of ether oxygens (including phenoxy) is 1. The summed E-state index contributed by atoms with van der Waals surface area (Å²) in [7, 11) is -1.97. The summed E-state index contributed by atoms with van der Waals surface area (Å²) in [4.78, 5) is 28.8. The molecule has 1 saturated heterocycles. The van der Waals surface area contributed by atoms with Crippen LogP contribution in [0.4, 0.5) is 0 Å². The predicted molar refractivity (Wildman–Crippen MR) is 132 cm³/mol. The van der Waals surface area contributed by atoms with Crippen molar-refractivity contribution >= 4 is 20.2 Å². The van der Waals surface area contributed by atoms with Crippen LogP contribution in [0.15, 0.2) is 30.3 Å². The third kappa shape index (κ3) is 5.63. The van der Waals surface area contributed by atoms with Crippen molar-refractivity contribution in [3.8, 4) is 0 Å². The lowest BCUT2D eigenvalue weighted by Crippen LogP contribution is -2.46. The molecule has 1 unspecified atom stereocenters. The van der Waals surface area contributed by atoms with E-state index in [1.54, 1.807) is 0 Å². The first-order valence-electron chi connectivity index (χ1n) is 11.7. The molecule has 1 fully saturated rings. The van der Waals surface area contributed by atoms with Gasteiger partial charge in [0.05, 0.1) is 17.4 Å². The first-order chi connectivity index (χ1) is 14.5. The second kappa shape index (κ2) is 9.30. The molecule has 0 aromatic heterocycles. The molecule has 1 heterocycles. The van der Waals surface area contributed by atoms with Crippen molar-refractivity contribution in [2.45, 2.75) is 91.6 Å². The lowest BCUT2D eigenvalue weighted by molar-refractivity contribution is -0.170. The number of esters is 1. The van der Waals surface area contributed by atoms with Crippen molar-refractivity contribution in [3.05, 3.63) is 35.9 Å². The van der Waals surface area contributed by atoms with E-state index >= 15 is 0 Å². The van der Waals surface area contributed by atoms with E-state index in [-0.39, 0.29) is 23.0 Å². The maximum Gasteiger partial charge on any atom is 0.315 e. The van der Waals surface area contributed by atoms with Crippen molar-refractivity contribution in [3.63, 3.8) is 0 Å². The highest BCUT2D eigenvalue weighted by Gasteiger charge is 2.57. The molecule has 6 heteroatoms. The Bertz CT molecular complexity index is 809. The number of carbonyl (C=O) groups is 2. The molecule has 1 amide bonds. The van der Waals surface area contributed by atoms with Crippen molar-refractivity contribution in [1.29, 1.82) is 0 Å². The van der Waals surface area contributed by atoms with Gasteiger partial charge in [-0.3, -0.25) is 9.59 Å². The van der Waals surface area contributed by atoms with Crippen LogP contribution < -0.4 is 0 Å². The van der Waals surface area contributed by atoms with Crippen LogP contribution in [0.1, 0.15) is 73.4 Å². The van der Waals surface area contributed by atoms with E-state index in [9.17, 15) is 9.59 Å². The third-order valence-corrected chi connectivity index (χ3v) is 11.8. The number of amides is 1. The molecule has 1 aliphatic heterocycles. The van der Waals surface area contributed by atoms with Crippen LogP contribution in [0, 0.1) is 11.3 Å². The van der Waals surface area contributed by atoms with Gasteiger partial charge in [0.1, 0.15) is 5.60 Å². The Morgan fingerprint density at radius 1 is 1.16 bits per heavy atom. The zero-order valence-corrected chi connectivity index (χ0v) is 22.7. The molecular formula is C26H43NO4Si. The maximum atomic E-state index is 13.6. The summed E-state index contributed by atoms with van der Waals surface area (Å²) in [5, 5.41) is 0.0804. The fourth-order valence-electron chi connectivity index (χ4n) is 3.97. The molecule has 3 atom stereocenters. The van der Waals surface area contributed by atoms with Gasteiger partial charge in [-0.1, -0.05) is 58.0 Å². The molecule has 0 aliphatic carbocycles. The standard InChI is InChI=1S/C26H43NO4Si/c1-19-22(28)27(20(2)21-14-12-11-13-15-21)18-26(19,23(29)31-24(3,4)5)16-17-30-32(9,10)25(6,7)8/h11-15,19-20H,16-18H2,1-10H3/t19?,20-,26-/m1/s1. The van der Waals surface area contributed by atoms with Crippen molar-refractivity contribution in [2.24, 2.45) is 11.3 Å². The first kappa shape index (κ1) is 26.6. The highest BCUT2D eigenvalue weighted by atomic mass is 28.4. The number of rotatable bonds is 7. The zero-order valence-electron chi connectivity index (χ0n) is 21.7. The Morgan fingerprint density at radius 3 is 2.22 bits per heavy atom. The summed E-state index contributed by atoms with van der Waals surface area (Å²) in [6.45, 7) is 21.3. The van der Waals surface area contributed by atoms with Gasteiger partial charge in [0, 0.05) is 13.2 Å². The van der Waals surface area contributed by atoms with Crippen molar-refractivity contribution in [1.82, 2.24) is 4.90 Å². The van der Waals surface area contributed by atoms with Crippen molar-refractivity contribution < 1.29 is 18.8 Å². The van der Waals surface area contributed by atoms with Crippen LogP contribution in [0.3, 0.4) is 0 Å². The van der Waals surface area contributed by atoms with Crippen molar-refractivity contribution in [2.75, 3.05) is 13.2 Å². The number of nitrogens with zero attached hydrogens (tertiary/aromatic N) is 1. The van der Waals surface area contributed by atoms with E-state index in [4.69, 9.17) is 9.16 Å². The van der Waals surface area contributed by atoms with Crippen LogP contribution in [0.5, 0.6) is 0 Å². The minimum absolute atomic E-state index is 0.000427. The molecule has 180 valence electrons. The molecule has 1 aromatic rings. The fraction of sp³-hybridized carbons (Fsp3) is 0.692. The lowest BCUT2D eigenvalue weighted by Gasteiger charge is -2.38. The molecule has 0 saturated carbocycles. The Hall–Kier alpha value is -1.66. The number of hydrogen-bond acceptors (Lipinski definition) is 4. The topological polar surface area (TPSA) is 55.8 Å². The third-order valence-electron chi connectivity index (χ3n) is 7.31. The SMILES string of the molecule is CC1C(=O)N([C@H](C)c2ccccc2)C[C@@]1(CCO[Si](C)(C)C(C)(C)C)C(=O)OC(C)(C)C. The van der Waals surface area contributed by atoms with E-state index in [1.807, 2.05) is 69.9 Å². The largest absolute Gasteiger partial charge is 0.459 e. The molecule has 0 spiro atoms. The summed E-state index contributed by atoms with van der Waals surface area (Å²) in [6, 6.07) is 9.85. The summed E-state index contributed by atoms with van der Waals surface area (Å²) in [6.07, 6.45) is 0.472. The van der Waals surface area contributed by atoms with Gasteiger partial charge in [-0.25, -0.2) is 0 Å². The van der Waals surface area contributed by atoms with Gasteiger partial charge in [0.25, 0.3) is 0 Å². The molecule has 2 rings (SSSR count). The van der Waals surface area contributed by atoms with Crippen LogP contribution in [-0.4, -0.2) is 43.8 Å². The molecule has 32 heavy (non-hydrogen) atoms. The quantitative estimate of drug-likeness (QED) is 0.371. The van der Waals surface area contributed by atoms with Gasteiger partial charge < -0.3 is 14.1 Å². The summed E-state index contributed by atoms with van der Waals surface area (Å²) < 4.78 is 12.3. The lowest BCUT2D eigenvalue weighted by atomic mass is 9.76. The number of hydrogen-bond donors (Lipinski definition) is 0. The van der Waals surface area contributed by atoms with Crippen LogP contribution in [-0.2, 0) is 18.8 Å². The maximum absolute atomic E-state index is 13.6. The Labute approximate surface area is 196 Å². The molecular weight excluding hydrogens is 418 g/mol. The highest BCUT2D eigenvalue weighted by Crippen LogP contribution is 2.46. The fourth-order valence-corrected chi connectivity index (χ4v) is 5.01. The molecule has 0 bridgehead atoms. The Kier molecular flexibility index (Phi) is 7.72. The highest BCUT2D eigenvalue weighted by molar-refractivity contribution is 6.74. The second-order valence-electron chi connectivity index (χ2n) is 11.8. The summed E-state index contributed by atoms with van der Waals surface area (Å²) >= 11 is 0. The summed E-state index contributed by atoms with van der Waals surface area (Å²) in [5.74, 6) is -0.765. The average Bonchev–Trinajstić information content (AvgIpc) is 2.92. The second-order valence-corrected chi connectivity index (χ2v) is 16.6. The average molecular weight is 462 g/mol. The van der Waals surface area contributed by atoms with Crippen LogP contribution in [0.25, 0.3) is 0 Å². The molecule has 1 aromatic carbocycles. The van der Waals surface area contributed by atoms with Gasteiger partial charge >= 0.3 is 5.97 Å². The van der Waals surface area contributed by atoms with E-state index in [0.29, 0.717) is 19.6 Å². The molecule has 0 N–H and O–H groups in total. The number of carbonyl (C=O) groups excluding carboxylic acids is 2. The van der Waals surface area contributed by atoms with Crippen LogP contribution in [0.2, 0.25) is 18.1 Å². The van der Waals surface area contributed by atoms with Gasteiger partial charge in [0.2, 0.25) is 5.91 Å². The normalized spacial score (nSPS) is 23.4. The molecule has 1 aliphatic rings. The Balaban J connectivity index is 2.34. The number of likely N-dealkylation sites (tertiary alicyclic amines) is 1. The predicted octanol–water partition coefficient (Wildman–Crippen LogP) is 5.97. The van der Waals surface area contributed by atoms with Gasteiger partial charge in [-0.05, 0) is 57.8 Å². The molecule has 0 radical (unpaired) electrons. The van der Waals surface area contributed by atoms with E-state index < -0.39 is 25.3 Å². The first-order valence-corrected chi connectivity index (χ1v) is 14.7. The number of benzene rings is 1. The smallest absolute Gasteiger partial charge is 0.315 e. The van der Waals surface area contributed by atoms with Gasteiger partial charge in [-0.2, -0.15) is 0 Å². The van der Waals surface area contributed by atoms with Gasteiger partial charge in [-0.15, -0.1) is 0 Å². The van der Waals surface area contributed by atoms with E-state index in [2.05, 4.69) is 33.9 Å². The van der Waals surface area contributed by atoms with E-state index in [1.165, 1.54) is 0 Å². The van der Waals surface area contributed by atoms with Gasteiger partial charge in [0.15, 0.2) is 8.32 Å². The summed E-state index contributed by atoms with van der Waals surface area (Å²) in [5.41, 5.74) is -0.480. The minimum atomic E-state index is -1.97. The Morgan fingerprint density at radius 2 is 1.72 bits per heavy atom. The minimum Gasteiger partial charge on any atom is -0.459 e.